The van der Waals surface area contributed by atoms with Crippen LogP contribution >= 0.6 is 0 Å². The van der Waals surface area contributed by atoms with E-state index in [1.54, 1.807) is 0 Å². The minimum absolute atomic E-state index is 0.446. The van der Waals surface area contributed by atoms with Crippen LogP contribution in [-0.2, 0) is 0 Å². The van der Waals surface area contributed by atoms with Crippen molar-refractivity contribution in [3.8, 4) is 0 Å². The first-order valence-corrected chi connectivity index (χ1v) is 9.78. The van der Waals surface area contributed by atoms with Gasteiger partial charge in [0, 0.05) is 6.04 Å². The summed E-state index contributed by atoms with van der Waals surface area (Å²) in [5.74, 6) is 0. The Kier molecular flexibility index (Phi) is 18.0. The molecule has 1 heteroatoms. The fourth-order valence-electron chi connectivity index (χ4n) is 2.95. The third-order valence-corrected chi connectivity index (χ3v) is 4.47. The highest BCUT2D eigenvalue weighted by atomic mass is 14.6. The maximum Gasteiger partial charge on any atom is 0.00388 e. The average Bonchev–Trinajstić information content (AvgIpc) is 2.52. The molecule has 22 heavy (non-hydrogen) atoms. The monoisotopic (exact) mass is 307 g/mol. The van der Waals surface area contributed by atoms with Gasteiger partial charge in [0.2, 0.25) is 0 Å². The van der Waals surface area contributed by atoms with Gasteiger partial charge in [-0.2, -0.15) is 0 Å². The van der Waals surface area contributed by atoms with Crippen LogP contribution in [0.25, 0.3) is 0 Å². The van der Waals surface area contributed by atoms with E-state index in [0.29, 0.717) is 6.04 Å². The van der Waals surface area contributed by atoms with E-state index in [4.69, 9.17) is 5.73 Å². The molecule has 0 atom stereocenters. The summed E-state index contributed by atoms with van der Waals surface area (Å²) in [5.41, 5.74) is 6.21. The van der Waals surface area contributed by atoms with E-state index in [9.17, 15) is 0 Å². The maximum atomic E-state index is 6.21. The summed E-state index contributed by atoms with van der Waals surface area (Å²) in [6, 6.07) is 0.446. The second-order valence-electron chi connectivity index (χ2n) is 6.73. The van der Waals surface area contributed by atoms with Crippen molar-refractivity contribution < 1.29 is 0 Å². The molecule has 0 heterocycles. The maximum absolute atomic E-state index is 6.21. The Bertz CT molecular complexity index is 210. The van der Waals surface area contributed by atoms with E-state index < -0.39 is 0 Å². The van der Waals surface area contributed by atoms with Crippen molar-refractivity contribution in [1.82, 2.24) is 0 Å². The standard InChI is InChI=1S/C21H41N/c1-3-5-7-9-11-13-15-17-19-21(22)20-18-16-14-12-10-8-6-4-2/h3-4,21H,1-2,5-20,22H2. The summed E-state index contributed by atoms with van der Waals surface area (Å²) in [5, 5.41) is 0. The highest BCUT2D eigenvalue weighted by molar-refractivity contribution is 4.66. The Morgan fingerprint density at radius 3 is 1.23 bits per heavy atom. The highest BCUT2D eigenvalue weighted by Crippen LogP contribution is 2.13. The van der Waals surface area contributed by atoms with Crippen molar-refractivity contribution in [3.63, 3.8) is 0 Å². The van der Waals surface area contributed by atoms with Gasteiger partial charge in [0.1, 0.15) is 0 Å². The molecule has 0 saturated heterocycles. The molecular weight excluding hydrogens is 266 g/mol. The van der Waals surface area contributed by atoms with E-state index in [1.165, 1.54) is 103 Å². The van der Waals surface area contributed by atoms with Gasteiger partial charge < -0.3 is 5.73 Å². The Labute approximate surface area is 140 Å². The van der Waals surface area contributed by atoms with E-state index in [1.807, 2.05) is 12.2 Å². The van der Waals surface area contributed by atoms with Gasteiger partial charge in [-0.25, -0.2) is 0 Å². The Morgan fingerprint density at radius 2 is 0.864 bits per heavy atom. The normalized spacial score (nSPS) is 11.0. The van der Waals surface area contributed by atoms with Gasteiger partial charge in [-0.3, -0.25) is 0 Å². The predicted octanol–water partition coefficient (Wildman–Crippen LogP) is 6.93. The fraction of sp³-hybridized carbons (Fsp3) is 0.810. The molecule has 0 rings (SSSR count). The summed E-state index contributed by atoms with van der Waals surface area (Å²) in [6.07, 6.45) is 25.2. The molecule has 2 N–H and O–H groups in total. The topological polar surface area (TPSA) is 26.0 Å². The lowest BCUT2D eigenvalue weighted by Gasteiger charge is -2.11. The molecule has 0 unspecified atom stereocenters. The van der Waals surface area contributed by atoms with E-state index in [2.05, 4.69) is 13.2 Å². The second-order valence-corrected chi connectivity index (χ2v) is 6.73. The Hall–Kier alpha value is -0.560. The SMILES string of the molecule is C=CCCCCCCCCC(N)CCCCCCCCC=C. The number of nitrogens with two attached hydrogens (primary N) is 1. The molecule has 0 fully saturated rings. The first-order chi connectivity index (χ1) is 10.8. The lowest BCUT2D eigenvalue weighted by molar-refractivity contribution is 0.482. The molecule has 0 aliphatic rings. The van der Waals surface area contributed by atoms with Crippen LogP contribution in [0.5, 0.6) is 0 Å². The Balaban J connectivity index is 3.14. The number of rotatable bonds is 18. The number of unbranched alkanes of at least 4 members (excludes halogenated alkanes) is 12. The van der Waals surface area contributed by atoms with E-state index >= 15 is 0 Å². The van der Waals surface area contributed by atoms with Crippen molar-refractivity contribution in [2.75, 3.05) is 0 Å². The third-order valence-electron chi connectivity index (χ3n) is 4.47. The van der Waals surface area contributed by atoms with Gasteiger partial charge in [0.25, 0.3) is 0 Å². The fourth-order valence-corrected chi connectivity index (χ4v) is 2.95. The summed E-state index contributed by atoms with van der Waals surface area (Å²) in [4.78, 5) is 0. The molecule has 0 amide bonds. The van der Waals surface area contributed by atoms with Crippen LogP contribution in [0.2, 0.25) is 0 Å². The molecule has 0 saturated carbocycles. The van der Waals surface area contributed by atoms with Crippen molar-refractivity contribution in [1.29, 1.82) is 0 Å². The zero-order valence-corrected chi connectivity index (χ0v) is 15.0. The molecule has 0 bridgehead atoms. The molecule has 0 aromatic rings. The number of hydrogen-bond acceptors (Lipinski definition) is 1. The lowest BCUT2D eigenvalue weighted by atomic mass is 10.0. The minimum Gasteiger partial charge on any atom is -0.328 e. The van der Waals surface area contributed by atoms with Crippen LogP contribution in [0.15, 0.2) is 25.3 Å². The van der Waals surface area contributed by atoms with Crippen molar-refractivity contribution in [2.45, 2.75) is 109 Å². The Morgan fingerprint density at radius 1 is 0.545 bits per heavy atom. The molecule has 0 spiro atoms. The van der Waals surface area contributed by atoms with Crippen LogP contribution in [0, 0.1) is 0 Å². The first kappa shape index (κ1) is 21.4. The lowest BCUT2D eigenvalue weighted by Crippen LogP contribution is -2.19. The first-order valence-electron chi connectivity index (χ1n) is 9.78. The van der Waals surface area contributed by atoms with Crippen LogP contribution in [0.4, 0.5) is 0 Å². The highest BCUT2D eigenvalue weighted by Gasteiger charge is 2.02. The smallest absolute Gasteiger partial charge is 0.00388 e. The molecule has 0 aromatic heterocycles. The second kappa shape index (κ2) is 18.5. The zero-order valence-electron chi connectivity index (χ0n) is 15.0. The van der Waals surface area contributed by atoms with Gasteiger partial charge in [0.15, 0.2) is 0 Å². The molecular formula is C21H41N. The van der Waals surface area contributed by atoms with Crippen LogP contribution in [-0.4, -0.2) is 6.04 Å². The summed E-state index contributed by atoms with van der Waals surface area (Å²) >= 11 is 0. The van der Waals surface area contributed by atoms with E-state index in [-0.39, 0.29) is 0 Å². The third kappa shape index (κ3) is 17.5. The average molecular weight is 308 g/mol. The summed E-state index contributed by atoms with van der Waals surface area (Å²) < 4.78 is 0. The summed E-state index contributed by atoms with van der Waals surface area (Å²) in [7, 11) is 0. The predicted molar refractivity (Wildman–Crippen MR) is 102 cm³/mol. The molecule has 0 aliphatic heterocycles. The molecule has 0 aromatic carbocycles. The molecule has 1 nitrogen and oxygen atoms in total. The minimum atomic E-state index is 0.446. The van der Waals surface area contributed by atoms with Crippen molar-refractivity contribution in [2.24, 2.45) is 5.73 Å². The zero-order chi connectivity index (χ0) is 16.3. The van der Waals surface area contributed by atoms with Crippen LogP contribution in [0.3, 0.4) is 0 Å². The van der Waals surface area contributed by atoms with Gasteiger partial charge in [-0.05, 0) is 38.5 Å². The van der Waals surface area contributed by atoms with Gasteiger partial charge in [0.05, 0.1) is 0 Å². The quantitative estimate of drug-likeness (QED) is 0.216. The largest absolute Gasteiger partial charge is 0.328 e. The molecule has 0 aliphatic carbocycles. The number of hydrogen-bond donors (Lipinski definition) is 1. The van der Waals surface area contributed by atoms with Crippen molar-refractivity contribution >= 4 is 0 Å². The molecule has 130 valence electrons. The number of allylic oxidation sites excluding steroid dienone is 2. The summed E-state index contributed by atoms with van der Waals surface area (Å²) in [6.45, 7) is 7.52. The van der Waals surface area contributed by atoms with Gasteiger partial charge >= 0.3 is 0 Å². The van der Waals surface area contributed by atoms with Crippen LogP contribution < -0.4 is 5.73 Å². The van der Waals surface area contributed by atoms with Gasteiger partial charge in [-0.1, -0.05) is 76.4 Å². The van der Waals surface area contributed by atoms with Gasteiger partial charge in [-0.15, -0.1) is 13.2 Å². The molecule has 0 radical (unpaired) electrons. The van der Waals surface area contributed by atoms with E-state index in [0.717, 1.165) is 0 Å². The van der Waals surface area contributed by atoms with Crippen LogP contribution in [0.1, 0.15) is 103 Å². The van der Waals surface area contributed by atoms with Crippen molar-refractivity contribution in [3.05, 3.63) is 25.3 Å².